The van der Waals surface area contributed by atoms with Gasteiger partial charge in [-0.1, -0.05) is 48.5 Å². The van der Waals surface area contributed by atoms with Crippen LogP contribution in [0, 0.1) is 6.92 Å². The summed E-state index contributed by atoms with van der Waals surface area (Å²) in [5, 5.41) is 11.9. The Balaban J connectivity index is 0.000000237. The lowest BCUT2D eigenvalue weighted by Crippen LogP contribution is -2.30. The van der Waals surface area contributed by atoms with Crippen LogP contribution in [0.25, 0.3) is 11.1 Å². The van der Waals surface area contributed by atoms with E-state index in [1.165, 1.54) is 63.1 Å². The van der Waals surface area contributed by atoms with Gasteiger partial charge < -0.3 is 21.1 Å². The Hall–Kier alpha value is -4.16. The van der Waals surface area contributed by atoms with Crippen LogP contribution in [0.1, 0.15) is 38.2 Å². The van der Waals surface area contributed by atoms with Crippen molar-refractivity contribution in [2.24, 2.45) is 0 Å². The molecule has 6 nitrogen and oxygen atoms in total. The molecule has 37 heavy (non-hydrogen) atoms. The van der Waals surface area contributed by atoms with Crippen LogP contribution in [0.4, 0.5) is 11.4 Å². The quantitative estimate of drug-likeness (QED) is 0.363. The van der Waals surface area contributed by atoms with Crippen LogP contribution in [0.5, 0.6) is 0 Å². The SMILES string of the molecule is Cc1cc(N2CCc3ccccc3C2)ccc1-c1ccc2c(c1)CCNC2.Nc1cnccc1C(=O)O. The summed E-state index contributed by atoms with van der Waals surface area (Å²) in [4.78, 5) is 16.5. The monoisotopic (exact) mass is 492 g/mol. The minimum Gasteiger partial charge on any atom is -0.478 e. The normalized spacial score (nSPS) is 14.1. The van der Waals surface area contributed by atoms with E-state index >= 15 is 0 Å². The number of anilines is 2. The molecule has 4 aromatic rings. The zero-order valence-electron chi connectivity index (χ0n) is 21.1. The number of aromatic carboxylic acids is 1. The first kappa shape index (κ1) is 24.5. The third kappa shape index (κ3) is 5.49. The number of hydrogen-bond donors (Lipinski definition) is 3. The number of nitrogens with one attached hydrogen (secondary N) is 1. The fourth-order valence-electron chi connectivity index (χ4n) is 5.13. The fraction of sp³-hybridized carbons (Fsp3) is 0.226. The molecule has 0 bridgehead atoms. The van der Waals surface area contributed by atoms with Gasteiger partial charge in [0.25, 0.3) is 0 Å². The maximum atomic E-state index is 10.3. The van der Waals surface area contributed by atoms with Gasteiger partial charge in [0.05, 0.1) is 17.4 Å². The van der Waals surface area contributed by atoms with Crippen molar-refractivity contribution in [3.05, 3.63) is 113 Å². The third-order valence-corrected chi connectivity index (χ3v) is 7.19. The number of aryl methyl sites for hydroxylation is 1. The van der Waals surface area contributed by atoms with Crippen LogP contribution in [-0.4, -0.2) is 29.1 Å². The van der Waals surface area contributed by atoms with Gasteiger partial charge in [0, 0.05) is 31.5 Å². The average molecular weight is 493 g/mol. The summed E-state index contributed by atoms with van der Waals surface area (Å²) in [5.41, 5.74) is 16.9. The van der Waals surface area contributed by atoms with Crippen molar-refractivity contribution < 1.29 is 9.90 Å². The molecule has 3 aromatic carbocycles. The maximum Gasteiger partial charge on any atom is 0.337 e. The van der Waals surface area contributed by atoms with Gasteiger partial charge in [0.1, 0.15) is 0 Å². The van der Waals surface area contributed by atoms with Crippen molar-refractivity contribution in [1.29, 1.82) is 0 Å². The van der Waals surface area contributed by atoms with E-state index < -0.39 is 5.97 Å². The zero-order valence-corrected chi connectivity index (χ0v) is 21.1. The number of rotatable bonds is 3. The fourth-order valence-corrected chi connectivity index (χ4v) is 5.13. The molecule has 1 aromatic heterocycles. The molecule has 0 radical (unpaired) electrons. The molecule has 6 heteroatoms. The number of nitrogen functional groups attached to an aromatic ring is 1. The van der Waals surface area contributed by atoms with Crippen LogP contribution < -0.4 is 16.0 Å². The Morgan fingerprint density at radius 3 is 2.57 bits per heavy atom. The number of carboxylic acids is 1. The van der Waals surface area contributed by atoms with Crippen molar-refractivity contribution in [3.8, 4) is 11.1 Å². The molecular formula is C31H32N4O2. The number of fused-ring (bicyclic) bond motifs is 2. The van der Waals surface area contributed by atoms with E-state index in [1.807, 2.05) is 0 Å². The predicted octanol–water partition coefficient (Wildman–Crippen LogP) is 5.23. The Labute approximate surface area is 217 Å². The predicted molar refractivity (Wildman–Crippen MR) is 149 cm³/mol. The van der Waals surface area contributed by atoms with E-state index in [9.17, 15) is 4.79 Å². The van der Waals surface area contributed by atoms with Gasteiger partial charge in [0.15, 0.2) is 0 Å². The van der Waals surface area contributed by atoms with E-state index in [1.54, 1.807) is 0 Å². The topological polar surface area (TPSA) is 91.5 Å². The summed E-state index contributed by atoms with van der Waals surface area (Å²) in [6, 6.07) is 24.2. The molecule has 0 saturated heterocycles. The van der Waals surface area contributed by atoms with Crippen molar-refractivity contribution >= 4 is 17.3 Å². The molecule has 2 aliphatic heterocycles. The number of nitrogens with zero attached hydrogens (tertiary/aromatic N) is 2. The molecule has 3 heterocycles. The summed E-state index contributed by atoms with van der Waals surface area (Å²) in [6.07, 6.45) is 4.96. The number of nitrogens with two attached hydrogens (primary N) is 1. The highest BCUT2D eigenvalue weighted by molar-refractivity contribution is 5.93. The molecule has 0 spiro atoms. The van der Waals surface area contributed by atoms with Gasteiger partial charge in [-0.05, 0) is 83.5 Å². The lowest BCUT2D eigenvalue weighted by molar-refractivity contribution is 0.0698. The van der Waals surface area contributed by atoms with Crippen LogP contribution in [-0.2, 0) is 25.9 Å². The Bertz CT molecular complexity index is 1430. The molecule has 0 saturated carbocycles. The molecule has 6 rings (SSSR count). The summed E-state index contributed by atoms with van der Waals surface area (Å²) >= 11 is 0. The second kappa shape index (κ2) is 10.8. The first-order valence-electron chi connectivity index (χ1n) is 12.7. The minimum absolute atomic E-state index is 0.0926. The standard InChI is InChI=1S/C25H26N2.C6H6N2O2/c1-18-14-24(27-13-11-19-4-2-3-5-23(19)17-27)8-9-25(18)21-6-7-22-16-26-12-10-20(22)15-21;7-5-3-8-2-1-4(5)6(9)10/h2-9,14-15,26H,10-13,16-17H2,1H3;1-3H,7H2,(H,9,10). The molecule has 0 aliphatic carbocycles. The molecule has 4 N–H and O–H groups in total. The third-order valence-electron chi connectivity index (χ3n) is 7.19. The summed E-state index contributed by atoms with van der Waals surface area (Å²) < 4.78 is 0. The van der Waals surface area contributed by atoms with E-state index in [-0.39, 0.29) is 11.3 Å². The first-order chi connectivity index (χ1) is 18.0. The smallest absolute Gasteiger partial charge is 0.337 e. The summed E-state index contributed by atoms with van der Waals surface area (Å²) in [5.74, 6) is -1.03. The van der Waals surface area contributed by atoms with Crippen LogP contribution in [0.3, 0.4) is 0 Å². The summed E-state index contributed by atoms with van der Waals surface area (Å²) in [6.45, 7) is 6.45. The van der Waals surface area contributed by atoms with Gasteiger partial charge in [-0.25, -0.2) is 4.79 Å². The lowest BCUT2D eigenvalue weighted by atomic mass is 9.93. The van der Waals surface area contributed by atoms with Crippen molar-refractivity contribution in [2.45, 2.75) is 32.9 Å². The van der Waals surface area contributed by atoms with Gasteiger partial charge in [-0.15, -0.1) is 0 Å². The van der Waals surface area contributed by atoms with Crippen LogP contribution >= 0.6 is 0 Å². The number of carbonyl (C=O) groups is 1. The number of aromatic nitrogens is 1. The lowest BCUT2D eigenvalue weighted by Gasteiger charge is -2.31. The van der Waals surface area contributed by atoms with Crippen LogP contribution in [0.15, 0.2) is 79.1 Å². The summed E-state index contributed by atoms with van der Waals surface area (Å²) in [7, 11) is 0. The van der Waals surface area contributed by atoms with E-state index in [0.717, 1.165) is 39.0 Å². The molecule has 0 amide bonds. The maximum absolute atomic E-state index is 10.3. The van der Waals surface area contributed by atoms with Crippen LogP contribution in [0.2, 0.25) is 0 Å². The Kier molecular flexibility index (Phi) is 7.19. The first-order valence-corrected chi connectivity index (χ1v) is 12.7. The van der Waals surface area contributed by atoms with Crippen molar-refractivity contribution in [1.82, 2.24) is 10.3 Å². The molecule has 0 unspecified atom stereocenters. The Morgan fingerprint density at radius 2 is 1.81 bits per heavy atom. The van der Waals surface area contributed by atoms with Gasteiger partial charge in [-0.3, -0.25) is 4.98 Å². The van der Waals surface area contributed by atoms with Gasteiger partial charge in [0.2, 0.25) is 0 Å². The molecule has 0 atom stereocenters. The highest BCUT2D eigenvalue weighted by Crippen LogP contribution is 2.31. The van der Waals surface area contributed by atoms with Crippen molar-refractivity contribution in [2.75, 3.05) is 23.7 Å². The van der Waals surface area contributed by atoms with E-state index in [4.69, 9.17) is 10.8 Å². The highest BCUT2D eigenvalue weighted by Gasteiger charge is 2.17. The largest absolute Gasteiger partial charge is 0.478 e. The number of pyridine rings is 1. The second-order valence-corrected chi connectivity index (χ2v) is 9.62. The Morgan fingerprint density at radius 1 is 0.973 bits per heavy atom. The molecular weight excluding hydrogens is 460 g/mol. The molecule has 2 aliphatic rings. The minimum atomic E-state index is -1.03. The van der Waals surface area contributed by atoms with Gasteiger partial charge >= 0.3 is 5.97 Å². The molecule has 0 fully saturated rings. The molecule has 188 valence electrons. The average Bonchev–Trinajstić information content (AvgIpc) is 2.93. The number of hydrogen-bond acceptors (Lipinski definition) is 5. The highest BCUT2D eigenvalue weighted by atomic mass is 16.4. The second-order valence-electron chi connectivity index (χ2n) is 9.62. The zero-order chi connectivity index (χ0) is 25.8. The number of benzene rings is 3. The van der Waals surface area contributed by atoms with Gasteiger partial charge in [-0.2, -0.15) is 0 Å². The van der Waals surface area contributed by atoms with E-state index in [2.05, 4.69) is 82.8 Å². The van der Waals surface area contributed by atoms with E-state index in [0.29, 0.717) is 0 Å². The number of carboxylic acid groups (broad SMARTS) is 1. The van der Waals surface area contributed by atoms with Crippen molar-refractivity contribution in [3.63, 3.8) is 0 Å².